The molecule has 152 valence electrons. The number of aryl methyl sites for hydroxylation is 1. The lowest BCUT2D eigenvalue weighted by molar-refractivity contribution is 0.0924. The molecule has 2 heterocycles. The fraction of sp³-hybridized carbons (Fsp3) is 0.167. The molecule has 0 saturated carbocycles. The molecule has 0 saturated heterocycles. The Morgan fingerprint density at radius 3 is 2.60 bits per heavy atom. The molecule has 1 N–H and O–H groups in total. The molecule has 0 unspecified atom stereocenters. The quantitative estimate of drug-likeness (QED) is 0.487. The lowest BCUT2D eigenvalue weighted by atomic mass is 10.1. The molecule has 0 aliphatic carbocycles. The molecule has 4 aromatic rings. The number of amides is 1. The largest absolute Gasteiger partial charge is 0.493 e. The number of methoxy groups -OCH3 is 1. The summed E-state index contributed by atoms with van der Waals surface area (Å²) in [6.45, 7) is 2.65. The zero-order chi connectivity index (χ0) is 20.9. The molecule has 1 amide bonds. The van der Waals surface area contributed by atoms with Gasteiger partial charge in [0.2, 0.25) is 0 Å². The van der Waals surface area contributed by atoms with E-state index in [0.29, 0.717) is 36.0 Å². The number of furan rings is 1. The summed E-state index contributed by atoms with van der Waals surface area (Å²) in [5, 5.41) is 3.85. The Morgan fingerprint density at radius 1 is 1.03 bits per heavy atom. The van der Waals surface area contributed by atoms with Crippen molar-refractivity contribution in [3.63, 3.8) is 0 Å². The molecule has 0 atom stereocenters. The molecule has 0 fully saturated rings. The van der Waals surface area contributed by atoms with Crippen molar-refractivity contribution in [2.45, 2.75) is 20.1 Å². The first-order valence-corrected chi connectivity index (χ1v) is 9.60. The highest BCUT2D eigenvalue weighted by molar-refractivity contribution is 5.98. The Bertz CT molecular complexity index is 1170. The monoisotopic (exact) mass is 402 g/mol. The van der Waals surface area contributed by atoms with Crippen LogP contribution in [0.3, 0.4) is 0 Å². The number of carbonyl (C=O) groups excluding carboxylic acids is 1. The van der Waals surface area contributed by atoms with E-state index >= 15 is 0 Å². The number of benzene rings is 2. The zero-order valence-electron chi connectivity index (χ0n) is 16.8. The van der Waals surface area contributed by atoms with Crippen molar-refractivity contribution < 1.29 is 18.7 Å². The molecule has 0 spiro atoms. The Kier molecular flexibility index (Phi) is 5.66. The van der Waals surface area contributed by atoms with E-state index < -0.39 is 0 Å². The number of carbonyl (C=O) groups is 1. The van der Waals surface area contributed by atoms with E-state index in [4.69, 9.17) is 13.9 Å². The van der Waals surface area contributed by atoms with Gasteiger partial charge in [0.15, 0.2) is 17.3 Å². The van der Waals surface area contributed by atoms with Crippen LogP contribution >= 0.6 is 0 Å². The van der Waals surface area contributed by atoms with E-state index in [2.05, 4.69) is 10.3 Å². The first-order valence-electron chi connectivity index (χ1n) is 9.60. The summed E-state index contributed by atoms with van der Waals surface area (Å²) >= 11 is 0. The predicted octanol–water partition coefficient (Wildman–Crippen LogP) is 4.65. The number of nitrogens with zero attached hydrogens (tertiary/aromatic N) is 1. The van der Waals surface area contributed by atoms with E-state index in [1.165, 1.54) is 0 Å². The second-order valence-corrected chi connectivity index (χ2v) is 6.86. The molecule has 2 aromatic heterocycles. The van der Waals surface area contributed by atoms with Gasteiger partial charge in [-0.2, -0.15) is 0 Å². The fourth-order valence-corrected chi connectivity index (χ4v) is 3.23. The van der Waals surface area contributed by atoms with Crippen LogP contribution in [0.1, 0.15) is 27.2 Å². The van der Waals surface area contributed by atoms with Gasteiger partial charge in [-0.1, -0.05) is 24.3 Å². The van der Waals surface area contributed by atoms with Crippen molar-refractivity contribution in [3.05, 3.63) is 89.4 Å². The summed E-state index contributed by atoms with van der Waals surface area (Å²) in [5.41, 5.74) is 3.45. The van der Waals surface area contributed by atoms with E-state index in [0.717, 1.165) is 22.1 Å². The van der Waals surface area contributed by atoms with E-state index in [9.17, 15) is 4.79 Å². The fourth-order valence-electron chi connectivity index (χ4n) is 3.23. The second kappa shape index (κ2) is 8.69. The lowest BCUT2D eigenvalue weighted by Gasteiger charge is -2.12. The van der Waals surface area contributed by atoms with Crippen molar-refractivity contribution >= 4 is 16.9 Å². The summed E-state index contributed by atoms with van der Waals surface area (Å²) < 4.78 is 17.0. The average Bonchev–Trinajstić information content (AvgIpc) is 3.13. The minimum atomic E-state index is -0.249. The first kappa shape index (κ1) is 19.5. The average molecular weight is 402 g/mol. The van der Waals surface area contributed by atoms with Crippen LogP contribution in [0, 0.1) is 6.92 Å². The first-order chi connectivity index (χ1) is 14.7. The standard InChI is InChI=1S/C24H22N2O4/c1-16-19-5-3-4-6-20(19)30-23(16)24(27)26-14-18-7-8-21(22(13-18)28-2)29-15-17-9-11-25-12-10-17/h3-13H,14-15H2,1-2H3,(H,26,27). The van der Waals surface area contributed by atoms with Crippen molar-refractivity contribution in [1.82, 2.24) is 10.3 Å². The van der Waals surface area contributed by atoms with Gasteiger partial charge in [0, 0.05) is 29.9 Å². The molecule has 0 aliphatic rings. The van der Waals surface area contributed by atoms with Crippen LogP contribution in [0.4, 0.5) is 0 Å². The van der Waals surface area contributed by atoms with Crippen LogP contribution in [0.5, 0.6) is 11.5 Å². The predicted molar refractivity (Wildman–Crippen MR) is 114 cm³/mol. The van der Waals surface area contributed by atoms with E-state index in [-0.39, 0.29) is 5.91 Å². The van der Waals surface area contributed by atoms with Crippen LogP contribution < -0.4 is 14.8 Å². The van der Waals surface area contributed by atoms with Crippen molar-refractivity contribution in [2.75, 3.05) is 7.11 Å². The van der Waals surface area contributed by atoms with Gasteiger partial charge in [-0.05, 0) is 48.4 Å². The Hall–Kier alpha value is -3.80. The summed E-state index contributed by atoms with van der Waals surface area (Å²) in [6.07, 6.45) is 3.46. The molecule has 0 bridgehead atoms. The van der Waals surface area contributed by atoms with Gasteiger partial charge >= 0.3 is 0 Å². The third-order valence-electron chi connectivity index (χ3n) is 4.87. The number of hydrogen-bond acceptors (Lipinski definition) is 5. The zero-order valence-corrected chi connectivity index (χ0v) is 16.8. The maximum atomic E-state index is 12.6. The molecule has 6 nitrogen and oxygen atoms in total. The van der Waals surface area contributed by atoms with Crippen LogP contribution in [-0.2, 0) is 13.2 Å². The van der Waals surface area contributed by atoms with Gasteiger partial charge in [0.25, 0.3) is 5.91 Å². The minimum absolute atomic E-state index is 0.249. The summed E-state index contributed by atoms with van der Waals surface area (Å²) in [7, 11) is 1.59. The van der Waals surface area contributed by atoms with Crippen LogP contribution in [-0.4, -0.2) is 18.0 Å². The number of para-hydroxylation sites is 1. The molecule has 2 aromatic carbocycles. The van der Waals surface area contributed by atoms with E-state index in [1.807, 2.05) is 61.5 Å². The molecule has 6 heteroatoms. The minimum Gasteiger partial charge on any atom is -0.493 e. The lowest BCUT2D eigenvalue weighted by Crippen LogP contribution is -2.23. The summed E-state index contributed by atoms with van der Waals surface area (Å²) in [5.74, 6) is 1.33. The van der Waals surface area contributed by atoms with Gasteiger partial charge in [0.1, 0.15) is 12.2 Å². The van der Waals surface area contributed by atoms with Crippen LogP contribution in [0.2, 0.25) is 0 Å². The number of fused-ring (bicyclic) bond motifs is 1. The van der Waals surface area contributed by atoms with E-state index in [1.54, 1.807) is 19.5 Å². The maximum absolute atomic E-state index is 12.6. The Labute approximate surface area is 174 Å². The van der Waals surface area contributed by atoms with Crippen LogP contribution in [0.25, 0.3) is 11.0 Å². The number of hydrogen-bond donors (Lipinski definition) is 1. The highest BCUT2D eigenvalue weighted by Crippen LogP contribution is 2.29. The van der Waals surface area contributed by atoms with Gasteiger partial charge < -0.3 is 19.2 Å². The Balaban J connectivity index is 1.42. The molecular weight excluding hydrogens is 380 g/mol. The molecule has 0 radical (unpaired) electrons. The SMILES string of the molecule is COc1cc(CNC(=O)c2oc3ccccc3c2C)ccc1OCc1ccncc1. The molecular formula is C24H22N2O4. The van der Waals surface area contributed by atoms with Crippen LogP contribution in [0.15, 0.2) is 71.4 Å². The highest BCUT2D eigenvalue weighted by Gasteiger charge is 2.17. The van der Waals surface area contributed by atoms with Gasteiger partial charge in [-0.25, -0.2) is 0 Å². The topological polar surface area (TPSA) is 73.6 Å². The normalized spacial score (nSPS) is 10.7. The van der Waals surface area contributed by atoms with Crippen molar-refractivity contribution in [2.24, 2.45) is 0 Å². The molecule has 0 aliphatic heterocycles. The summed E-state index contributed by atoms with van der Waals surface area (Å²) in [4.78, 5) is 16.6. The number of pyridine rings is 1. The van der Waals surface area contributed by atoms with Gasteiger partial charge in [-0.3, -0.25) is 9.78 Å². The molecule has 4 rings (SSSR count). The number of nitrogens with one attached hydrogen (secondary N) is 1. The third-order valence-corrected chi connectivity index (χ3v) is 4.87. The number of ether oxygens (including phenoxy) is 2. The summed E-state index contributed by atoms with van der Waals surface area (Å²) in [6, 6.07) is 17.0. The molecule has 30 heavy (non-hydrogen) atoms. The smallest absolute Gasteiger partial charge is 0.287 e. The number of aromatic nitrogens is 1. The third kappa shape index (κ3) is 4.12. The number of rotatable bonds is 7. The van der Waals surface area contributed by atoms with Crippen molar-refractivity contribution in [1.29, 1.82) is 0 Å². The maximum Gasteiger partial charge on any atom is 0.287 e. The Morgan fingerprint density at radius 2 is 1.83 bits per heavy atom. The van der Waals surface area contributed by atoms with Crippen molar-refractivity contribution in [3.8, 4) is 11.5 Å². The second-order valence-electron chi connectivity index (χ2n) is 6.86. The van der Waals surface area contributed by atoms with Gasteiger partial charge in [0.05, 0.1) is 7.11 Å². The highest BCUT2D eigenvalue weighted by atomic mass is 16.5. The van der Waals surface area contributed by atoms with Gasteiger partial charge in [-0.15, -0.1) is 0 Å².